The maximum atomic E-state index is 11.9. The number of hydrazine groups is 1. The van der Waals surface area contributed by atoms with E-state index >= 15 is 0 Å². The van der Waals surface area contributed by atoms with E-state index < -0.39 is 0 Å². The highest BCUT2D eigenvalue weighted by atomic mass is 35.5. The molecule has 0 radical (unpaired) electrons. The van der Waals surface area contributed by atoms with Gasteiger partial charge in [-0.25, -0.2) is 0 Å². The Bertz CT molecular complexity index is 725. The van der Waals surface area contributed by atoms with Gasteiger partial charge >= 0.3 is 0 Å². The van der Waals surface area contributed by atoms with Gasteiger partial charge in [0.15, 0.2) is 0 Å². The molecular weight excluding hydrogens is 359 g/mol. The molecule has 2 aromatic rings. The molecule has 0 saturated heterocycles. The molecule has 0 aliphatic heterocycles. The Morgan fingerprint density at radius 3 is 2.43 bits per heavy atom. The Kier molecular flexibility index (Phi) is 6.16. The summed E-state index contributed by atoms with van der Waals surface area (Å²) in [6, 6.07) is 10.4. The molecule has 4 nitrogen and oxygen atoms in total. The van der Waals surface area contributed by atoms with Crippen molar-refractivity contribution in [3.63, 3.8) is 0 Å². The summed E-state index contributed by atoms with van der Waals surface area (Å²) in [5.41, 5.74) is 6.30. The molecule has 0 bridgehead atoms. The van der Waals surface area contributed by atoms with Gasteiger partial charge in [-0.1, -0.05) is 53.0 Å². The fourth-order valence-corrected chi connectivity index (χ4v) is 2.71. The molecule has 1 amide bonds. The summed E-state index contributed by atoms with van der Waals surface area (Å²) in [6.45, 7) is 0. The highest BCUT2D eigenvalue weighted by Gasteiger charge is 2.08. The lowest BCUT2D eigenvalue weighted by Crippen LogP contribution is -2.27. The van der Waals surface area contributed by atoms with Gasteiger partial charge in [0.1, 0.15) is 5.75 Å². The van der Waals surface area contributed by atoms with Crippen LogP contribution in [0.25, 0.3) is 6.08 Å². The third-order valence-corrected chi connectivity index (χ3v) is 3.69. The first-order chi connectivity index (χ1) is 11.0. The molecule has 0 unspecified atom stereocenters. The molecule has 0 heterocycles. The Morgan fingerprint density at radius 2 is 1.78 bits per heavy atom. The fraction of sp³-hybridized carbons (Fsp3) is 0.0625. The van der Waals surface area contributed by atoms with Crippen LogP contribution in [0, 0.1) is 0 Å². The lowest BCUT2D eigenvalue weighted by atomic mass is 10.2. The van der Waals surface area contributed by atoms with Crippen LogP contribution in [0.1, 0.15) is 5.56 Å². The van der Waals surface area contributed by atoms with Crippen molar-refractivity contribution in [3.05, 3.63) is 63.1 Å². The van der Waals surface area contributed by atoms with Gasteiger partial charge in [0.25, 0.3) is 5.91 Å². The van der Waals surface area contributed by atoms with E-state index in [0.29, 0.717) is 26.5 Å². The number of anilines is 1. The predicted octanol–water partition coefficient (Wildman–Crippen LogP) is 4.81. The van der Waals surface area contributed by atoms with Crippen LogP contribution in [-0.4, -0.2) is 13.0 Å². The standard InChI is InChI=1S/C16H13Cl3N2O2/c1-23-14-5-3-2-4-10(14)6-7-15(22)20-21-16-12(18)8-11(17)9-13(16)19/h2-9,21H,1H3,(H,20,22). The predicted molar refractivity (Wildman–Crippen MR) is 95.3 cm³/mol. The van der Waals surface area contributed by atoms with Crippen LogP contribution in [0.5, 0.6) is 5.75 Å². The van der Waals surface area contributed by atoms with Crippen molar-refractivity contribution in [1.82, 2.24) is 5.43 Å². The highest BCUT2D eigenvalue weighted by Crippen LogP contribution is 2.33. The van der Waals surface area contributed by atoms with Gasteiger partial charge in [-0.2, -0.15) is 0 Å². The van der Waals surface area contributed by atoms with E-state index in [1.54, 1.807) is 13.2 Å². The minimum Gasteiger partial charge on any atom is -0.496 e. The smallest absolute Gasteiger partial charge is 0.262 e. The molecule has 0 spiro atoms. The maximum absolute atomic E-state index is 11.9. The van der Waals surface area contributed by atoms with Crippen molar-refractivity contribution in [2.45, 2.75) is 0 Å². The molecular formula is C16H13Cl3N2O2. The number of carbonyl (C=O) groups excluding carboxylic acids is 1. The van der Waals surface area contributed by atoms with Crippen LogP contribution in [0.15, 0.2) is 42.5 Å². The summed E-state index contributed by atoms with van der Waals surface area (Å²) in [7, 11) is 1.57. The number of nitrogens with one attached hydrogen (secondary N) is 2. The second-order valence-electron chi connectivity index (χ2n) is 4.43. The Hall–Kier alpha value is -1.88. The third kappa shape index (κ3) is 4.79. The first-order valence-corrected chi connectivity index (χ1v) is 7.66. The molecule has 0 aliphatic rings. The van der Waals surface area contributed by atoms with Crippen molar-refractivity contribution >= 4 is 52.5 Å². The number of halogens is 3. The minimum absolute atomic E-state index is 0.302. The van der Waals surface area contributed by atoms with Gasteiger partial charge in [0.05, 0.1) is 22.8 Å². The molecule has 0 saturated carbocycles. The van der Waals surface area contributed by atoms with Gasteiger partial charge in [-0.05, 0) is 24.3 Å². The summed E-state index contributed by atoms with van der Waals surface area (Å²) in [4.78, 5) is 11.9. The van der Waals surface area contributed by atoms with E-state index in [-0.39, 0.29) is 5.91 Å². The minimum atomic E-state index is -0.377. The van der Waals surface area contributed by atoms with Crippen molar-refractivity contribution in [1.29, 1.82) is 0 Å². The molecule has 7 heteroatoms. The van der Waals surface area contributed by atoms with Gasteiger partial charge in [-0.15, -0.1) is 0 Å². The van der Waals surface area contributed by atoms with Gasteiger partial charge in [0.2, 0.25) is 0 Å². The quantitative estimate of drug-likeness (QED) is 0.585. The van der Waals surface area contributed by atoms with Crippen LogP contribution >= 0.6 is 34.8 Å². The second kappa shape index (κ2) is 8.11. The Labute approximate surface area is 149 Å². The zero-order valence-corrected chi connectivity index (χ0v) is 14.3. The monoisotopic (exact) mass is 370 g/mol. The number of hydrogen-bond acceptors (Lipinski definition) is 3. The molecule has 2 N–H and O–H groups in total. The first-order valence-electron chi connectivity index (χ1n) is 6.53. The molecule has 23 heavy (non-hydrogen) atoms. The number of para-hydroxylation sites is 1. The van der Waals surface area contributed by atoms with Crippen LogP contribution in [0.3, 0.4) is 0 Å². The molecule has 0 fully saturated rings. The lowest BCUT2D eigenvalue weighted by Gasteiger charge is -2.11. The van der Waals surface area contributed by atoms with E-state index in [1.165, 1.54) is 18.2 Å². The first kappa shape index (κ1) is 17.5. The second-order valence-corrected chi connectivity index (χ2v) is 5.68. The SMILES string of the molecule is COc1ccccc1C=CC(=O)NNc1c(Cl)cc(Cl)cc1Cl. The molecule has 2 aromatic carbocycles. The number of carbonyl (C=O) groups is 1. The van der Waals surface area contributed by atoms with Gasteiger partial charge < -0.3 is 4.74 Å². The number of amides is 1. The molecule has 2 rings (SSSR count). The summed E-state index contributed by atoms with van der Waals surface area (Å²) in [6.07, 6.45) is 3.00. The Balaban J connectivity index is 2.02. The zero-order chi connectivity index (χ0) is 16.8. The number of ether oxygens (including phenoxy) is 1. The third-order valence-electron chi connectivity index (χ3n) is 2.87. The molecule has 0 aromatic heterocycles. The lowest BCUT2D eigenvalue weighted by molar-refractivity contribution is -0.115. The fourth-order valence-electron chi connectivity index (χ4n) is 1.80. The van der Waals surface area contributed by atoms with Gasteiger partial charge in [-0.3, -0.25) is 15.6 Å². The van der Waals surface area contributed by atoms with E-state index in [4.69, 9.17) is 39.5 Å². The normalized spacial score (nSPS) is 10.6. The van der Waals surface area contributed by atoms with Crippen LogP contribution in [0.2, 0.25) is 15.1 Å². The van der Waals surface area contributed by atoms with E-state index in [2.05, 4.69) is 10.9 Å². The molecule has 120 valence electrons. The molecule has 0 atom stereocenters. The van der Waals surface area contributed by atoms with Crippen LogP contribution in [0.4, 0.5) is 5.69 Å². The Morgan fingerprint density at radius 1 is 1.13 bits per heavy atom. The summed E-state index contributed by atoms with van der Waals surface area (Å²) in [5, 5.41) is 1.01. The zero-order valence-electron chi connectivity index (χ0n) is 12.1. The maximum Gasteiger partial charge on any atom is 0.262 e. The topological polar surface area (TPSA) is 50.4 Å². The van der Waals surface area contributed by atoms with Crippen molar-refractivity contribution in [2.24, 2.45) is 0 Å². The van der Waals surface area contributed by atoms with Gasteiger partial charge in [0, 0.05) is 16.7 Å². The average Bonchev–Trinajstić information content (AvgIpc) is 2.52. The van der Waals surface area contributed by atoms with Crippen LogP contribution in [-0.2, 0) is 4.79 Å². The average molecular weight is 372 g/mol. The summed E-state index contributed by atoms with van der Waals surface area (Å²) < 4.78 is 5.20. The number of methoxy groups -OCH3 is 1. The van der Waals surface area contributed by atoms with Crippen molar-refractivity contribution in [2.75, 3.05) is 12.5 Å². The summed E-state index contributed by atoms with van der Waals surface area (Å²) in [5.74, 6) is 0.297. The van der Waals surface area contributed by atoms with Crippen LogP contribution < -0.4 is 15.6 Å². The largest absolute Gasteiger partial charge is 0.496 e. The molecule has 0 aliphatic carbocycles. The number of rotatable bonds is 5. The number of hydrogen-bond donors (Lipinski definition) is 2. The van der Waals surface area contributed by atoms with E-state index in [1.807, 2.05) is 24.3 Å². The van der Waals surface area contributed by atoms with E-state index in [0.717, 1.165) is 5.56 Å². The summed E-state index contributed by atoms with van der Waals surface area (Å²) >= 11 is 17.9. The van der Waals surface area contributed by atoms with Crippen molar-refractivity contribution in [3.8, 4) is 5.75 Å². The highest BCUT2D eigenvalue weighted by molar-refractivity contribution is 6.41. The van der Waals surface area contributed by atoms with Crippen molar-refractivity contribution < 1.29 is 9.53 Å². The number of benzene rings is 2. The van der Waals surface area contributed by atoms with E-state index in [9.17, 15) is 4.79 Å².